The Morgan fingerprint density at radius 3 is 3.00 bits per heavy atom. The summed E-state index contributed by atoms with van der Waals surface area (Å²) < 4.78 is 4.71. The molecule has 1 aromatic carbocycles. The molecule has 14 heavy (non-hydrogen) atoms. The largest absolute Gasteiger partial charge is 0.465 e. The number of ether oxygens (including phenoxy) is 1. The lowest BCUT2D eigenvalue weighted by molar-refractivity contribution is 0.0602. The highest BCUT2D eigenvalue weighted by atomic mass is 16.5. The Morgan fingerprint density at radius 2 is 2.29 bits per heavy atom. The van der Waals surface area contributed by atoms with Crippen molar-refractivity contribution >= 4 is 16.9 Å². The summed E-state index contributed by atoms with van der Waals surface area (Å²) in [6.07, 6.45) is 1.63. The number of nitrogens with zero attached hydrogens (tertiary/aromatic N) is 1. The van der Waals surface area contributed by atoms with E-state index >= 15 is 0 Å². The Bertz CT molecular complexity index is 488. The van der Waals surface area contributed by atoms with Crippen molar-refractivity contribution in [1.29, 1.82) is 0 Å². The summed E-state index contributed by atoms with van der Waals surface area (Å²) in [5.41, 5.74) is 2.32. The second kappa shape index (κ2) is 3.14. The SMILES string of the molecule is COC(=O)c1c(C)ccc2[nH]ncc12. The molecule has 2 rings (SSSR count). The minimum atomic E-state index is -0.325. The van der Waals surface area contributed by atoms with Crippen LogP contribution in [0.2, 0.25) is 0 Å². The number of hydrogen-bond acceptors (Lipinski definition) is 3. The standard InChI is InChI=1S/C10H10N2O2/c1-6-3-4-8-7(5-11-12-8)9(6)10(13)14-2/h3-5H,1-2H3,(H,11,12). The second-order valence-corrected chi connectivity index (χ2v) is 3.08. The molecule has 1 aromatic heterocycles. The summed E-state index contributed by atoms with van der Waals surface area (Å²) in [7, 11) is 1.38. The molecule has 1 heterocycles. The Kier molecular flexibility index (Phi) is 1.96. The van der Waals surface area contributed by atoms with E-state index in [0.717, 1.165) is 16.5 Å². The van der Waals surface area contributed by atoms with E-state index in [1.54, 1.807) is 6.20 Å². The van der Waals surface area contributed by atoms with E-state index in [-0.39, 0.29) is 5.97 Å². The van der Waals surface area contributed by atoms with Gasteiger partial charge in [-0.25, -0.2) is 4.79 Å². The number of fused-ring (bicyclic) bond motifs is 1. The Labute approximate surface area is 80.9 Å². The number of esters is 1. The van der Waals surface area contributed by atoms with E-state index in [2.05, 4.69) is 10.2 Å². The maximum atomic E-state index is 11.5. The van der Waals surface area contributed by atoms with Gasteiger partial charge in [0, 0.05) is 5.39 Å². The van der Waals surface area contributed by atoms with Gasteiger partial charge >= 0.3 is 5.97 Å². The fourth-order valence-electron chi connectivity index (χ4n) is 1.50. The van der Waals surface area contributed by atoms with Gasteiger partial charge in [-0.1, -0.05) is 6.07 Å². The highest BCUT2D eigenvalue weighted by Crippen LogP contribution is 2.20. The molecule has 0 radical (unpaired) electrons. The van der Waals surface area contributed by atoms with E-state index in [1.807, 2.05) is 19.1 Å². The predicted octanol–water partition coefficient (Wildman–Crippen LogP) is 1.66. The average Bonchev–Trinajstić information content (AvgIpc) is 2.64. The fraction of sp³-hybridized carbons (Fsp3) is 0.200. The molecule has 4 nitrogen and oxygen atoms in total. The van der Waals surface area contributed by atoms with Crippen molar-refractivity contribution in [3.63, 3.8) is 0 Å². The van der Waals surface area contributed by atoms with Crippen molar-refractivity contribution in [2.45, 2.75) is 6.92 Å². The van der Waals surface area contributed by atoms with Gasteiger partial charge < -0.3 is 4.74 Å². The van der Waals surface area contributed by atoms with Crippen LogP contribution in [0.3, 0.4) is 0 Å². The van der Waals surface area contributed by atoms with Crippen molar-refractivity contribution in [3.8, 4) is 0 Å². The summed E-state index contributed by atoms with van der Waals surface area (Å²) in [4.78, 5) is 11.5. The van der Waals surface area contributed by atoms with Crippen LogP contribution in [0, 0.1) is 6.92 Å². The molecule has 72 valence electrons. The first-order chi connectivity index (χ1) is 6.74. The molecule has 0 unspecified atom stereocenters. The Balaban J connectivity index is 2.76. The molecule has 0 aliphatic heterocycles. The van der Waals surface area contributed by atoms with Crippen molar-refractivity contribution < 1.29 is 9.53 Å². The maximum Gasteiger partial charge on any atom is 0.338 e. The molecule has 0 amide bonds. The molecule has 0 aliphatic rings. The van der Waals surface area contributed by atoms with Gasteiger partial charge in [0.1, 0.15) is 0 Å². The molecule has 0 spiro atoms. The van der Waals surface area contributed by atoms with Crippen molar-refractivity contribution in [2.75, 3.05) is 7.11 Å². The van der Waals surface area contributed by atoms with Crippen LogP contribution in [0.15, 0.2) is 18.3 Å². The number of aryl methyl sites for hydroxylation is 1. The molecule has 2 aromatic rings. The quantitative estimate of drug-likeness (QED) is 0.696. The maximum absolute atomic E-state index is 11.5. The van der Waals surface area contributed by atoms with Gasteiger partial charge in [0.05, 0.1) is 24.4 Å². The molecule has 0 aliphatic carbocycles. The molecule has 0 saturated heterocycles. The van der Waals surface area contributed by atoms with Gasteiger partial charge in [0.25, 0.3) is 0 Å². The first-order valence-corrected chi connectivity index (χ1v) is 4.25. The predicted molar refractivity (Wildman–Crippen MR) is 52.2 cm³/mol. The minimum absolute atomic E-state index is 0.325. The Morgan fingerprint density at radius 1 is 1.50 bits per heavy atom. The van der Waals surface area contributed by atoms with Gasteiger partial charge in [-0.15, -0.1) is 0 Å². The van der Waals surface area contributed by atoms with E-state index in [9.17, 15) is 4.79 Å². The number of methoxy groups -OCH3 is 1. The van der Waals surface area contributed by atoms with E-state index in [4.69, 9.17) is 4.74 Å². The average molecular weight is 190 g/mol. The lowest BCUT2D eigenvalue weighted by Crippen LogP contribution is -2.04. The number of nitrogens with one attached hydrogen (secondary N) is 1. The van der Waals surface area contributed by atoms with Gasteiger partial charge in [-0.3, -0.25) is 5.10 Å². The number of H-pyrrole nitrogens is 1. The highest BCUT2D eigenvalue weighted by molar-refractivity contribution is 6.04. The first kappa shape index (κ1) is 8.74. The lowest BCUT2D eigenvalue weighted by atomic mass is 10.0. The zero-order valence-corrected chi connectivity index (χ0v) is 8.00. The number of benzene rings is 1. The molecular weight excluding hydrogens is 180 g/mol. The number of carbonyl (C=O) groups is 1. The van der Waals surface area contributed by atoms with Gasteiger partial charge in [0.15, 0.2) is 0 Å². The molecule has 0 saturated carbocycles. The summed E-state index contributed by atoms with van der Waals surface area (Å²) in [5.74, 6) is -0.325. The Hall–Kier alpha value is -1.84. The second-order valence-electron chi connectivity index (χ2n) is 3.08. The highest BCUT2D eigenvalue weighted by Gasteiger charge is 2.14. The lowest BCUT2D eigenvalue weighted by Gasteiger charge is -2.04. The number of rotatable bonds is 1. The summed E-state index contributed by atoms with van der Waals surface area (Å²) >= 11 is 0. The molecule has 0 atom stereocenters. The summed E-state index contributed by atoms with van der Waals surface area (Å²) in [6, 6.07) is 3.76. The molecule has 1 N–H and O–H groups in total. The fourth-order valence-corrected chi connectivity index (χ4v) is 1.50. The van der Waals surface area contributed by atoms with Crippen LogP contribution in [-0.4, -0.2) is 23.3 Å². The van der Waals surface area contributed by atoms with Crippen LogP contribution >= 0.6 is 0 Å². The van der Waals surface area contributed by atoms with Crippen LogP contribution in [0.1, 0.15) is 15.9 Å². The van der Waals surface area contributed by atoms with E-state index in [1.165, 1.54) is 7.11 Å². The molecule has 0 bridgehead atoms. The van der Waals surface area contributed by atoms with Crippen LogP contribution < -0.4 is 0 Å². The summed E-state index contributed by atoms with van der Waals surface area (Å²) in [5, 5.41) is 7.50. The first-order valence-electron chi connectivity index (χ1n) is 4.25. The topological polar surface area (TPSA) is 55.0 Å². The monoisotopic (exact) mass is 190 g/mol. The van der Waals surface area contributed by atoms with Gasteiger partial charge in [0.2, 0.25) is 0 Å². The van der Waals surface area contributed by atoms with Crippen molar-refractivity contribution in [2.24, 2.45) is 0 Å². The van der Waals surface area contributed by atoms with Crippen LogP contribution in [0.25, 0.3) is 10.9 Å². The summed E-state index contributed by atoms with van der Waals surface area (Å²) in [6.45, 7) is 1.87. The third kappa shape index (κ3) is 1.16. The van der Waals surface area contributed by atoms with E-state index in [0.29, 0.717) is 5.56 Å². The number of hydrogen-bond donors (Lipinski definition) is 1. The number of carbonyl (C=O) groups excluding carboxylic acids is 1. The third-order valence-corrected chi connectivity index (χ3v) is 2.22. The third-order valence-electron chi connectivity index (χ3n) is 2.22. The van der Waals surface area contributed by atoms with Crippen LogP contribution in [0.4, 0.5) is 0 Å². The van der Waals surface area contributed by atoms with Gasteiger partial charge in [-0.2, -0.15) is 5.10 Å². The van der Waals surface area contributed by atoms with Crippen molar-refractivity contribution in [3.05, 3.63) is 29.5 Å². The molecule has 0 fully saturated rings. The van der Waals surface area contributed by atoms with Gasteiger partial charge in [-0.05, 0) is 18.6 Å². The van der Waals surface area contributed by atoms with Crippen LogP contribution in [-0.2, 0) is 4.74 Å². The number of aromatic amines is 1. The smallest absolute Gasteiger partial charge is 0.338 e. The minimum Gasteiger partial charge on any atom is -0.465 e. The number of aromatic nitrogens is 2. The zero-order chi connectivity index (χ0) is 10.1. The van der Waals surface area contributed by atoms with Crippen molar-refractivity contribution in [1.82, 2.24) is 10.2 Å². The zero-order valence-electron chi connectivity index (χ0n) is 8.00. The van der Waals surface area contributed by atoms with E-state index < -0.39 is 0 Å². The molecule has 4 heteroatoms. The normalized spacial score (nSPS) is 10.4. The van der Waals surface area contributed by atoms with Crippen LogP contribution in [0.5, 0.6) is 0 Å². The molecular formula is C10H10N2O2.